The number of hydrogen-bond acceptors (Lipinski definition) is 4. The Morgan fingerprint density at radius 3 is 2.42 bits per heavy atom. The molecule has 2 saturated heterocycles. The van der Waals surface area contributed by atoms with E-state index in [9.17, 15) is 13.2 Å². The SMILES string of the molecule is O=C(C1CCCCS1(=O)=O)N1CCN(CCCl)CC1. The van der Waals surface area contributed by atoms with Crippen molar-refractivity contribution in [1.82, 2.24) is 9.80 Å². The van der Waals surface area contributed by atoms with Crippen molar-refractivity contribution in [3.8, 4) is 0 Å². The summed E-state index contributed by atoms with van der Waals surface area (Å²) in [5, 5.41) is -0.791. The predicted octanol–water partition coefficient (Wildman–Crippen LogP) is 0.337. The molecule has 0 aliphatic carbocycles. The van der Waals surface area contributed by atoms with E-state index in [0.717, 1.165) is 26.1 Å². The quantitative estimate of drug-likeness (QED) is 0.705. The molecule has 2 rings (SSSR count). The third-order valence-corrected chi connectivity index (χ3v) is 6.27. The number of amides is 1. The number of sulfone groups is 1. The van der Waals surface area contributed by atoms with E-state index in [1.165, 1.54) is 0 Å². The Hall–Kier alpha value is -0.330. The van der Waals surface area contributed by atoms with Crippen LogP contribution in [0.2, 0.25) is 0 Å². The van der Waals surface area contributed by atoms with Crippen LogP contribution in [0, 0.1) is 0 Å². The molecule has 110 valence electrons. The van der Waals surface area contributed by atoms with Gasteiger partial charge in [0, 0.05) is 38.6 Å². The minimum Gasteiger partial charge on any atom is -0.339 e. The van der Waals surface area contributed by atoms with Gasteiger partial charge in [0.1, 0.15) is 5.25 Å². The van der Waals surface area contributed by atoms with Crippen LogP contribution < -0.4 is 0 Å². The van der Waals surface area contributed by atoms with Crippen molar-refractivity contribution in [1.29, 1.82) is 0 Å². The van der Waals surface area contributed by atoms with Gasteiger partial charge in [0.15, 0.2) is 9.84 Å². The summed E-state index contributed by atoms with van der Waals surface area (Å²) in [5.74, 6) is 0.561. The fourth-order valence-electron chi connectivity index (χ4n) is 2.75. The largest absolute Gasteiger partial charge is 0.339 e. The number of carbonyl (C=O) groups is 1. The molecule has 1 unspecified atom stereocenters. The van der Waals surface area contributed by atoms with Gasteiger partial charge in [-0.1, -0.05) is 6.42 Å². The monoisotopic (exact) mass is 308 g/mol. The molecule has 0 N–H and O–H groups in total. The lowest BCUT2D eigenvalue weighted by atomic mass is 10.1. The zero-order valence-corrected chi connectivity index (χ0v) is 12.6. The molecule has 0 aromatic rings. The maximum Gasteiger partial charge on any atom is 0.240 e. The summed E-state index contributed by atoms with van der Waals surface area (Å²) < 4.78 is 23.9. The number of hydrogen-bond donors (Lipinski definition) is 0. The van der Waals surface area contributed by atoms with Crippen LogP contribution >= 0.6 is 11.6 Å². The lowest BCUT2D eigenvalue weighted by Crippen LogP contribution is -2.53. The Labute approximate surface area is 119 Å². The molecule has 2 fully saturated rings. The first-order chi connectivity index (χ1) is 9.04. The minimum absolute atomic E-state index is 0.162. The topological polar surface area (TPSA) is 57.7 Å². The Kier molecular flexibility index (Phi) is 5.09. The van der Waals surface area contributed by atoms with E-state index in [-0.39, 0.29) is 11.7 Å². The van der Waals surface area contributed by atoms with Crippen LogP contribution in [0.3, 0.4) is 0 Å². The highest BCUT2D eigenvalue weighted by Crippen LogP contribution is 2.22. The van der Waals surface area contributed by atoms with Gasteiger partial charge >= 0.3 is 0 Å². The van der Waals surface area contributed by atoms with Crippen molar-refractivity contribution in [2.24, 2.45) is 0 Å². The van der Waals surface area contributed by atoms with Crippen LogP contribution in [0.4, 0.5) is 0 Å². The standard InChI is InChI=1S/C12H21ClN2O3S/c13-4-5-14-6-8-15(9-7-14)12(16)11-3-1-2-10-19(11,17)18/h11H,1-10H2. The molecule has 0 radical (unpaired) electrons. The van der Waals surface area contributed by atoms with Crippen LogP contribution in [-0.4, -0.2) is 73.7 Å². The lowest BCUT2D eigenvalue weighted by Gasteiger charge is -2.36. The number of rotatable bonds is 3. The second-order valence-corrected chi connectivity index (χ2v) is 7.89. The highest BCUT2D eigenvalue weighted by molar-refractivity contribution is 7.92. The number of nitrogens with zero attached hydrogens (tertiary/aromatic N) is 2. The van der Waals surface area contributed by atoms with Gasteiger partial charge in [-0.25, -0.2) is 8.42 Å². The molecular formula is C12H21ClN2O3S. The average Bonchev–Trinajstić information content (AvgIpc) is 2.39. The second-order valence-electron chi connectivity index (χ2n) is 5.21. The van der Waals surface area contributed by atoms with Crippen LogP contribution in [0.15, 0.2) is 0 Å². The van der Waals surface area contributed by atoms with Crippen molar-refractivity contribution in [3.63, 3.8) is 0 Å². The Morgan fingerprint density at radius 1 is 1.16 bits per heavy atom. The van der Waals surface area contributed by atoms with E-state index in [2.05, 4.69) is 4.90 Å². The molecule has 0 spiro atoms. The van der Waals surface area contributed by atoms with E-state index < -0.39 is 15.1 Å². The third kappa shape index (κ3) is 3.61. The van der Waals surface area contributed by atoms with Crippen LogP contribution in [-0.2, 0) is 14.6 Å². The molecular weight excluding hydrogens is 288 g/mol. The van der Waals surface area contributed by atoms with Crippen LogP contribution in [0.5, 0.6) is 0 Å². The van der Waals surface area contributed by atoms with E-state index in [1.807, 2.05) is 0 Å². The summed E-state index contributed by atoms with van der Waals surface area (Å²) in [6.45, 7) is 3.62. The highest BCUT2D eigenvalue weighted by Gasteiger charge is 2.38. The molecule has 19 heavy (non-hydrogen) atoms. The van der Waals surface area contributed by atoms with Crippen LogP contribution in [0.25, 0.3) is 0 Å². The van der Waals surface area contributed by atoms with Crippen molar-refractivity contribution in [2.75, 3.05) is 44.4 Å². The molecule has 0 bridgehead atoms. The van der Waals surface area contributed by atoms with E-state index in [1.54, 1.807) is 4.90 Å². The maximum atomic E-state index is 12.3. The fourth-order valence-corrected chi connectivity index (χ4v) is 4.86. The Bertz CT molecular complexity index is 419. The Morgan fingerprint density at radius 2 is 1.84 bits per heavy atom. The van der Waals surface area contributed by atoms with E-state index in [0.29, 0.717) is 31.8 Å². The summed E-state index contributed by atoms with van der Waals surface area (Å²) in [6, 6.07) is 0. The molecule has 7 heteroatoms. The van der Waals surface area contributed by atoms with Crippen LogP contribution in [0.1, 0.15) is 19.3 Å². The zero-order chi connectivity index (χ0) is 13.9. The summed E-state index contributed by atoms with van der Waals surface area (Å²) in [7, 11) is -3.22. The van der Waals surface area contributed by atoms with Gasteiger partial charge in [-0.05, 0) is 12.8 Å². The molecule has 0 aromatic heterocycles. The Balaban J connectivity index is 1.94. The summed E-state index contributed by atoms with van der Waals surface area (Å²) in [6.07, 6.45) is 2.01. The molecule has 2 aliphatic heterocycles. The maximum absolute atomic E-state index is 12.3. The number of carbonyl (C=O) groups excluding carboxylic acids is 1. The van der Waals surface area contributed by atoms with Crippen molar-refractivity contribution < 1.29 is 13.2 Å². The van der Waals surface area contributed by atoms with E-state index >= 15 is 0 Å². The first kappa shape index (κ1) is 15.1. The van der Waals surface area contributed by atoms with Gasteiger partial charge in [0.25, 0.3) is 0 Å². The number of alkyl halides is 1. The second kappa shape index (κ2) is 6.41. The summed E-state index contributed by atoms with van der Waals surface area (Å²) >= 11 is 5.69. The summed E-state index contributed by atoms with van der Waals surface area (Å²) in [4.78, 5) is 16.2. The number of piperazine rings is 1. The van der Waals surface area contributed by atoms with Gasteiger partial charge in [0.2, 0.25) is 5.91 Å². The molecule has 2 heterocycles. The molecule has 5 nitrogen and oxygen atoms in total. The minimum atomic E-state index is -3.22. The van der Waals surface area contributed by atoms with Gasteiger partial charge in [-0.2, -0.15) is 0 Å². The smallest absolute Gasteiger partial charge is 0.240 e. The van der Waals surface area contributed by atoms with Gasteiger partial charge in [-0.3, -0.25) is 9.69 Å². The van der Waals surface area contributed by atoms with Gasteiger partial charge in [0.05, 0.1) is 5.75 Å². The van der Waals surface area contributed by atoms with Crippen molar-refractivity contribution >= 4 is 27.3 Å². The lowest BCUT2D eigenvalue weighted by molar-refractivity contribution is -0.132. The number of halogens is 1. The molecule has 1 amide bonds. The van der Waals surface area contributed by atoms with Gasteiger partial charge in [-0.15, -0.1) is 11.6 Å². The molecule has 0 saturated carbocycles. The molecule has 1 atom stereocenters. The zero-order valence-electron chi connectivity index (χ0n) is 11.1. The fraction of sp³-hybridized carbons (Fsp3) is 0.917. The van der Waals surface area contributed by atoms with Crippen molar-refractivity contribution in [2.45, 2.75) is 24.5 Å². The third-order valence-electron chi connectivity index (χ3n) is 3.94. The molecule has 2 aliphatic rings. The summed E-state index contributed by atoms with van der Waals surface area (Å²) in [5.41, 5.74) is 0. The van der Waals surface area contributed by atoms with E-state index in [4.69, 9.17) is 11.6 Å². The normalized spacial score (nSPS) is 28.3. The first-order valence-corrected chi connectivity index (χ1v) is 9.08. The molecule has 0 aromatic carbocycles. The highest BCUT2D eigenvalue weighted by atomic mass is 35.5. The first-order valence-electron chi connectivity index (χ1n) is 6.83. The average molecular weight is 309 g/mol. The predicted molar refractivity (Wildman–Crippen MR) is 75.2 cm³/mol. The van der Waals surface area contributed by atoms with Gasteiger partial charge < -0.3 is 4.90 Å². The van der Waals surface area contributed by atoms with Crippen molar-refractivity contribution in [3.05, 3.63) is 0 Å².